The zero-order valence-electron chi connectivity index (χ0n) is 15.1. The van der Waals surface area contributed by atoms with Crippen LogP contribution in [0.5, 0.6) is 0 Å². The van der Waals surface area contributed by atoms with E-state index in [1.54, 1.807) is 27.7 Å². The molecule has 1 fully saturated rings. The lowest BCUT2D eigenvalue weighted by Crippen LogP contribution is -2.44. The molecule has 0 aromatic carbocycles. The molecule has 0 saturated carbocycles. The molecule has 0 aliphatic carbocycles. The Morgan fingerprint density at radius 2 is 0.870 bits per heavy atom. The Hall–Kier alpha value is -0.280. The number of hydrogen-bond acceptors (Lipinski definition) is 7. The van der Waals surface area contributed by atoms with Gasteiger partial charge in [0.1, 0.15) is 0 Å². The maximum absolute atomic E-state index is 9.47. The minimum Gasteiger partial charge on any atom is -0.392 e. The van der Waals surface area contributed by atoms with Gasteiger partial charge in [-0.15, -0.1) is 0 Å². The highest BCUT2D eigenvalue weighted by atomic mass is 16.6. The van der Waals surface area contributed by atoms with E-state index in [2.05, 4.69) is 4.74 Å². The summed E-state index contributed by atoms with van der Waals surface area (Å²) >= 11 is 0. The number of aliphatic hydroxyl groups is 4. The second-order valence-corrected chi connectivity index (χ2v) is 6.53. The summed E-state index contributed by atoms with van der Waals surface area (Å²) in [6, 6.07) is 0. The van der Waals surface area contributed by atoms with Crippen LogP contribution in [-0.4, -0.2) is 107 Å². The second kappa shape index (κ2) is 13.1. The van der Waals surface area contributed by atoms with E-state index in [0.29, 0.717) is 39.3 Å². The number of rotatable bonds is 11. The van der Waals surface area contributed by atoms with E-state index < -0.39 is 24.4 Å². The van der Waals surface area contributed by atoms with Crippen molar-refractivity contribution in [3.05, 3.63) is 0 Å². The van der Waals surface area contributed by atoms with E-state index in [4.69, 9.17) is 0 Å². The van der Waals surface area contributed by atoms with Crippen molar-refractivity contribution >= 4 is 0 Å². The molecule has 1 saturated heterocycles. The Morgan fingerprint density at radius 1 is 0.652 bits per heavy atom. The van der Waals surface area contributed by atoms with E-state index in [1.807, 2.05) is 9.80 Å². The normalized spacial score (nSPS) is 19.0. The SMILES string of the molecule is C1CO1.CC(O)CN(CCN(CC(C)O)CC(C)O)CC(C)O. The van der Waals surface area contributed by atoms with Crippen LogP contribution < -0.4 is 0 Å². The molecule has 140 valence electrons. The summed E-state index contributed by atoms with van der Waals surface area (Å²) in [4.78, 5) is 3.98. The maximum Gasteiger partial charge on any atom is 0.0701 e. The summed E-state index contributed by atoms with van der Waals surface area (Å²) in [6.07, 6.45) is -1.79. The number of nitrogens with zero attached hydrogens (tertiary/aromatic N) is 2. The van der Waals surface area contributed by atoms with Crippen molar-refractivity contribution in [2.75, 3.05) is 52.5 Å². The highest BCUT2D eigenvalue weighted by molar-refractivity contribution is 4.70. The second-order valence-electron chi connectivity index (χ2n) is 6.53. The molecule has 1 aliphatic heterocycles. The third kappa shape index (κ3) is 17.9. The molecule has 0 amide bonds. The van der Waals surface area contributed by atoms with Gasteiger partial charge in [-0.1, -0.05) is 0 Å². The van der Waals surface area contributed by atoms with Crippen LogP contribution in [0.2, 0.25) is 0 Å². The summed E-state index contributed by atoms with van der Waals surface area (Å²) in [5, 5.41) is 37.9. The summed E-state index contributed by atoms with van der Waals surface area (Å²) < 4.78 is 4.50. The molecule has 4 N–H and O–H groups in total. The average molecular weight is 336 g/mol. The van der Waals surface area contributed by atoms with E-state index >= 15 is 0 Å². The first-order chi connectivity index (χ1) is 10.7. The lowest BCUT2D eigenvalue weighted by molar-refractivity contribution is 0.0542. The summed E-state index contributed by atoms with van der Waals surface area (Å²) in [6.45, 7) is 12.2. The van der Waals surface area contributed by atoms with Crippen molar-refractivity contribution in [2.45, 2.75) is 52.1 Å². The quantitative estimate of drug-likeness (QED) is 0.364. The van der Waals surface area contributed by atoms with Gasteiger partial charge in [0, 0.05) is 39.3 Å². The average Bonchev–Trinajstić information content (AvgIpc) is 3.20. The largest absolute Gasteiger partial charge is 0.392 e. The van der Waals surface area contributed by atoms with Gasteiger partial charge in [-0.05, 0) is 27.7 Å². The van der Waals surface area contributed by atoms with Crippen LogP contribution >= 0.6 is 0 Å². The lowest BCUT2D eigenvalue weighted by Gasteiger charge is -2.30. The standard InChI is InChI=1S/C14H32N2O4.C2H4O/c1-11(17)7-15(8-12(2)18)5-6-16(9-13(3)19)10-14(4)20;1-2-3-1/h11-14,17-20H,5-10H2,1-4H3;1-2H2. The molecule has 1 rings (SSSR count). The first-order valence-electron chi connectivity index (χ1n) is 8.45. The monoisotopic (exact) mass is 336 g/mol. The molecule has 0 bridgehead atoms. The molecule has 0 radical (unpaired) electrons. The van der Waals surface area contributed by atoms with Gasteiger partial charge in [0.2, 0.25) is 0 Å². The predicted molar refractivity (Wildman–Crippen MR) is 90.4 cm³/mol. The zero-order valence-corrected chi connectivity index (χ0v) is 15.1. The summed E-state index contributed by atoms with van der Waals surface area (Å²) in [5.41, 5.74) is 0. The first-order valence-corrected chi connectivity index (χ1v) is 8.45. The van der Waals surface area contributed by atoms with Crippen LogP contribution in [0.4, 0.5) is 0 Å². The summed E-state index contributed by atoms with van der Waals surface area (Å²) in [5.74, 6) is 0. The Bertz CT molecular complexity index is 226. The molecule has 7 nitrogen and oxygen atoms in total. The number of hydrogen-bond donors (Lipinski definition) is 4. The topological polar surface area (TPSA) is 99.9 Å². The molecule has 0 aromatic heterocycles. The van der Waals surface area contributed by atoms with Crippen molar-refractivity contribution in [3.63, 3.8) is 0 Å². The molecule has 1 heterocycles. The first kappa shape index (κ1) is 22.7. The van der Waals surface area contributed by atoms with Crippen molar-refractivity contribution in [2.24, 2.45) is 0 Å². The van der Waals surface area contributed by atoms with Gasteiger partial charge in [0.25, 0.3) is 0 Å². The van der Waals surface area contributed by atoms with Crippen LogP contribution in [0.15, 0.2) is 0 Å². The highest BCUT2D eigenvalue weighted by Gasteiger charge is 2.15. The van der Waals surface area contributed by atoms with Crippen LogP contribution in [-0.2, 0) is 4.74 Å². The fourth-order valence-electron chi connectivity index (χ4n) is 2.29. The Kier molecular flexibility index (Phi) is 12.9. The Morgan fingerprint density at radius 3 is 1.00 bits per heavy atom. The smallest absolute Gasteiger partial charge is 0.0701 e. The molecular formula is C16H36N2O5. The lowest BCUT2D eigenvalue weighted by atomic mass is 10.2. The third-order valence-corrected chi connectivity index (χ3v) is 3.03. The Labute approximate surface area is 140 Å². The molecule has 7 heteroatoms. The number of epoxide rings is 1. The molecule has 4 atom stereocenters. The minimum absolute atomic E-state index is 0.448. The van der Waals surface area contributed by atoms with E-state index in [1.165, 1.54) is 0 Å². The number of aliphatic hydroxyl groups excluding tert-OH is 4. The van der Waals surface area contributed by atoms with Crippen molar-refractivity contribution < 1.29 is 25.2 Å². The van der Waals surface area contributed by atoms with Crippen LogP contribution in [0.1, 0.15) is 27.7 Å². The zero-order chi connectivity index (χ0) is 17.8. The van der Waals surface area contributed by atoms with Crippen molar-refractivity contribution in [1.29, 1.82) is 0 Å². The van der Waals surface area contributed by atoms with Gasteiger partial charge in [-0.2, -0.15) is 0 Å². The van der Waals surface area contributed by atoms with Gasteiger partial charge in [0.15, 0.2) is 0 Å². The van der Waals surface area contributed by atoms with Crippen LogP contribution in [0.25, 0.3) is 0 Å². The molecule has 0 aromatic rings. The molecule has 0 spiro atoms. The van der Waals surface area contributed by atoms with E-state index in [0.717, 1.165) is 13.2 Å². The maximum atomic E-state index is 9.47. The molecule has 1 aliphatic rings. The van der Waals surface area contributed by atoms with E-state index in [-0.39, 0.29) is 0 Å². The molecule has 4 unspecified atom stereocenters. The van der Waals surface area contributed by atoms with Gasteiger partial charge in [0.05, 0.1) is 37.6 Å². The highest BCUT2D eigenvalue weighted by Crippen LogP contribution is 2.00. The van der Waals surface area contributed by atoms with Crippen molar-refractivity contribution in [3.8, 4) is 0 Å². The van der Waals surface area contributed by atoms with Gasteiger partial charge < -0.3 is 25.2 Å². The summed E-state index contributed by atoms with van der Waals surface area (Å²) in [7, 11) is 0. The van der Waals surface area contributed by atoms with Crippen LogP contribution in [0, 0.1) is 0 Å². The fraction of sp³-hybridized carbons (Fsp3) is 1.00. The van der Waals surface area contributed by atoms with Gasteiger partial charge in [-0.3, -0.25) is 9.80 Å². The van der Waals surface area contributed by atoms with E-state index in [9.17, 15) is 20.4 Å². The number of ether oxygens (including phenoxy) is 1. The van der Waals surface area contributed by atoms with Crippen molar-refractivity contribution in [1.82, 2.24) is 9.80 Å². The fourth-order valence-corrected chi connectivity index (χ4v) is 2.29. The molecular weight excluding hydrogens is 300 g/mol. The van der Waals surface area contributed by atoms with Gasteiger partial charge in [-0.25, -0.2) is 0 Å². The third-order valence-electron chi connectivity index (χ3n) is 3.03. The minimum atomic E-state index is -0.448. The van der Waals surface area contributed by atoms with Gasteiger partial charge >= 0.3 is 0 Å². The Balaban J connectivity index is 0.00000143. The van der Waals surface area contributed by atoms with Crippen LogP contribution in [0.3, 0.4) is 0 Å². The molecule has 23 heavy (non-hydrogen) atoms. The predicted octanol–water partition coefficient (Wildman–Crippen LogP) is -0.870.